The van der Waals surface area contributed by atoms with Crippen molar-refractivity contribution in [3.05, 3.63) is 43.0 Å². The third-order valence-electron chi connectivity index (χ3n) is 2.78. The fraction of sp³-hybridized carbons (Fsp3) is 0.467. The molecule has 2 atom stereocenters. The van der Waals surface area contributed by atoms with Gasteiger partial charge in [0.2, 0.25) is 0 Å². The molecule has 0 aliphatic rings. The third-order valence-corrected chi connectivity index (χ3v) is 3.94. The second-order valence-corrected chi connectivity index (χ2v) is 6.43. The Kier molecular flexibility index (Phi) is 5.29. The Bertz CT molecular complexity index is 340. The number of hydrogen-bond acceptors (Lipinski definition) is 2. The zero-order valence-electron chi connectivity index (χ0n) is 10.9. The maximum absolute atomic E-state index is 10.2. The summed E-state index contributed by atoms with van der Waals surface area (Å²) in [5, 5.41) is 10.2. The molecule has 0 bridgehead atoms. The van der Waals surface area contributed by atoms with Crippen molar-refractivity contribution in [3.63, 3.8) is 0 Å². The van der Waals surface area contributed by atoms with Crippen LogP contribution < -0.4 is 0 Å². The van der Waals surface area contributed by atoms with Gasteiger partial charge >= 0.3 is 0 Å². The van der Waals surface area contributed by atoms with Crippen LogP contribution in [0, 0.1) is 11.3 Å². The molecule has 1 N–H and O–H groups in total. The van der Waals surface area contributed by atoms with Gasteiger partial charge in [0.1, 0.15) is 0 Å². The van der Waals surface area contributed by atoms with Crippen molar-refractivity contribution < 1.29 is 5.11 Å². The summed E-state index contributed by atoms with van der Waals surface area (Å²) in [6.45, 7) is 10.0. The van der Waals surface area contributed by atoms with Crippen molar-refractivity contribution in [1.29, 1.82) is 0 Å². The van der Waals surface area contributed by atoms with E-state index in [1.807, 2.05) is 24.3 Å². The topological polar surface area (TPSA) is 20.2 Å². The molecule has 0 amide bonds. The standard InChI is InChI=1S/C15H22OS/c1-5-12(14(16)15(2,3)4)11-17-13-9-7-6-8-10-13/h5-10,12,14,16H,1,11H2,2-4H3/t12-,14+/m0/s1. The fourth-order valence-electron chi connectivity index (χ4n) is 1.64. The number of benzene rings is 1. The lowest BCUT2D eigenvalue weighted by Gasteiger charge is -2.31. The number of rotatable bonds is 5. The molecule has 0 fully saturated rings. The van der Waals surface area contributed by atoms with E-state index in [0.29, 0.717) is 0 Å². The maximum atomic E-state index is 10.2. The van der Waals surface area contributed by atoms with E-state index in [1.165, 1.54) is 4.90 Å². The number of aliphatic hydroxyl groups is 1. The first-order valence-electron chi connectivity index (χ1n) is 5.93. The SMILES string of the molecule is C=C[C@@H](CSc1ccccc1)[C@@H](O)C(C)(C)C. The van der Waals surface area contributed by atoms with E-state index in [-0.39, 0.29) is 17.4 Å². The van der Waals surface area contributed by atoms with Gasteiger partial charge in [0, 0.05) is 16.6 Å². The van der Waals surface area contributed by atoms with Crippen molar-refractivity contribution in [2.75, 3.05) is 5.75 Å². The van der Waals surface area contributed by atoms with E-state index in [2.05, 4.69) is 39.5 Å². The molecular formula is C15H22OS. The minimum Gasteiger partial charge on any atom is -0.392 e. The van der Waals surface area contributed by atoms with Gasteiger partial charge in [-0.05, 0) is 17.5 Å². The van der Waals surface area contributed by atoms with Gasteiger partial charge in [-0.15, -0.1) is 18.3 Å². The highest BCUT2D eigenvalue weighted by atomic mass is 32.2. The van der Waals surface area contributed by atoms with Crippen LogP contribution in [0.2, 0.25) is 0 Å². The summed E-state index contributed by atoms with van der Waals surface area (Å²) >= 11 is 1.77. The maximum Gasteiger partial charge on any atom is 0.0658 e. The number of hydrogen-bond donors (Lipinski definition) is 1. The predicted octanol–water partition coefficient (Wildman–Crippen LogP) is 3.99. The fourth-order valence-corrected chi connectivity index (χ4v) is 2.69. The minimum atomic E-state index is -0.351. The molecule has 0 saturated carbocycles. The van der Waals surface area contributed by atoms with E-state index in [1.54, 1.807) is 11.8 Å². The van der Waals surface area contributed by atoms with Gasteiger partial charge in [-0.3, -0.25) is 0 Å². The smallest absolute Gasteiger partial charge is 0.0658 e. The second kappa shape index (κ2) is 6.27. The van der Waals surface area contributed by atoms with Gasteiger partial charge in [0.15, 0.2) is 0 Å². The van der Waals surface area contributed by atoms with Crippen molar-refractivity contribution in [2.45, 2.75) is 31.8 Å². The Hall–Kier alpha value is -0.730. The van der Waals surface area contributed by atoms with Gasteiger partial charge in [-0.2, -0.15) is 0 Å². The lowest BCUT2D eigenvalue weighted by molar-refractivity contribution is 0.0353. The summed E-state index contributed by atoms with van der Waals surface area (Å²) in [6.07, 6.45) is 1.52. The Balaban J connectivity index is 2.57. The lowest BCUT2D eigenvalue weighted by Crippen LogP contribution is -2.34. The van der Waals surface area contributed by atoms with Crippen molar-refractivity contribution >= 4 is 11.8 Å². The molecular weight excluding hydrogens is 228 g/mol. The van der Waals surface area contributed by atoms with E-state index < -0.39 is 0 Å². The van der Waals surface area contributed by atoms with Crippen LogP contribution in [0.15, 0.2) is 47.9 Å². The molecule has 0 aliphatic heterocycles. The van der Waals surface area contributed by atoms with Gasteiger partial charge < -0.3 is 5.11 Å². The minimum absolute atomic E-state index is 0.101. The van der Waals surface area contributed by atoms with Gasteiger partial charge in [-0.1, -0.05) is 45.0 Å². The van der Waals surface area contributed by atoms with Crippen LogP contribution in [-0.4, -0.2) is 17.0 Å². The van der Waals surface area contributed by atoms with Crippen molar-refractivity contribution in [3.8, 4) is 0 Å². The van der Waals surface area contributed by atoms with E-state index >= 15 is 0 Å². The first kappa shape index (κ1) is 14.3. The number of thioether (sulfide) groups is 1. The average Bonchev–Trinajstić information content (AvgIpc) is 2.30. The molecule has 94 valence electrons. The lowest BCUT2D eigenvalue weighted by atomic mass is 9.82. The van der Waals surface area contributed by atoms with E-state index in [0.717, 1.165) is 5.75 Å². The molecule has 0 heterocycles. The van der Waals surface area contributed by atoms with Crippen LogP contribution >= 0.6 is 11.8 Å². The number of aliphatic hydroxyl groups excluding tert-OH is 1. The largest absolute Gasteiger partial charge is 0.392 e. The highest BCUT2D eigenvalue weighted by molar-refractivity contribution is 7.99. The first-order chi connectivity index (χ1) is 7.95. The van der Waals surface area contributed by atoms with Crippen LogP contribution in [0.25, 0.3) is 0 Å². The summed E-state index contributed by atoms with van der Waals surface area (Å²) < 4.78 is 0. The molecule has 2 heteroatoms. The normalized spacial score (nSPS) is 15.3. The Morgan fingerprint density at radius 2 is 1.88 bits per heavy atom. The summed E-state index contributed by atoms with van der Waals surface area (Å²) in [5.74, 6) is 0.992. The molecule has 1 aromatic carbocycles. The predicted molar refractivity (Wildman–Crippen MR) is 76.3 cm³/mol. The van der Waals surface area contributed by atoms with Crippen molar-refractivity contribution in [2.24, 2.45) is 11.3 Å². The monoisotopic (exact) mass is 250 g/mol. The van der Waals surface area contributed by atoms with E-state index in [9.17, 15) is 5.11 Å². The van der Waals surface area contributed by atoms with Crippen LogP contribution in [0.1, 0.15) is 20.8 Å². The molecule has 0 saturated heterocycles. The summed E-state index contributed by atoms with van der Waals surface area (Å²) in [4.78, 5) is 1.24. The molecule has 0 unspecified atom stereocenters. The molecule has 1 aromatic rings. The van der Waals surface area contributed by atoms with Crippen LogP contribution in [0.5, 0.6) is 0 Å². The summed E-state index contributed by atoms with van der Waals surface area (Å²) in [7, 11) is 0. The summed E-state index contributed by atoms with van der Waals surface area (Å²) in [5.41, 5.74) is -0.101. The molecule has 0 radical (unpaired) electrons. The van der Waals surface area contributed by atoms with Crippen LogP contribution in [0.3, 0.4) is 0 Å². The van der Waals surface area contributed by atoms with Gasteiger partial charge in [-0.25, -0.2) is 0 Å². The quantitative estimate of drug-likeness (QED) is 0.630. The third kappa shape index (κ3) is 4.57. The Morgan fingerprint density at radius 1 is 1.29 bits per heavy atom. The molecule has 17 heavy (non-hydrogen) atoms. The van der Waals surface area contributed by atoms with Gasteiger partial charge in [0.25, 0.3) is 0 Å². The van der Waals surface area contributed by atoms with E-state index in [4.69, 9.17) is 0 Å². The highest BCUT2D eigenvalue weighted by Crippen LogP contribution is 2.30. The second-order valence-electron chi connectivity index (χ2n) is 5.33. The highest BCUT2D eigenvalue weighted by Gasteiger charge is 2.28. The van der Waals surface area contributed by atoms with Crippen LogP contribution in [0.4, 0.5) is 0 Å². The molecule has 1 rings (SSSR count). The van der Waals surface area contributed by atoms with Gasteiger partial charge in [0.05, 0.1) is 6.10 Å². The zero-order valence-corrected chi connectivity index (χ0v) is 11.7. The van der Waals surface area contributed by atoms with Crippen LogP contribution in [-0.2, 0) is 0 Å². The molecule has 0 spiro atoms. The summed E-state index contributed by atoms with van der Waals surface area (Å²) in [6, 6.07) is 10.3. The molecule has 1 nitrogen and oxygen atoms in total. The van der Waals surface area contributed by atoms with Crippen molar-refractivity contribution in [1.82, 2.24) is 0 Å². The Labute approximate surface area is 109 Å². The zero-order chi connectivity index (χ0) is 12.9. The average molecular weight is 250 g/mol. The Morgan fingerprint density at radius 3 is 2.35 bits per heavy atom. The molecule has 0 aliphatic carbocycles. The molecule has 0 aromatic heterocycles. The first-order valence-corrected chi connectivity index (χ1v) is 6.92.